The standard InChI is InChI=1S/C9H7ClF2O2.C2H6/c1-2-5-3-4-6-8(7(5)10)14-9(11,12)13-6;1-2/h3-4H,2H2,1H3;1-2H3. The van der Waals surface area contributed by atoms with Gasteiger partial charge in [-0.25, -0.2) is 0 Å². The van der Waals surface area contributed by atoms with E-state index in [-0.39, 0.29) is 16.5 Å². The fraction of sp³-hybridized carbons (Fsp3) is 0.455. The van der Waals surface area contributed by atoms with E-state index in [2.05, 4.69) is 9.47 Å². The van der Waals surface area contributed by atoms with Crippen LogP contribution in [0.4, 0.5) is 8.78 Å². The molecule has 1 aliphatic rings. The lowest BCUT2D eigenvalue weighted by Gasteiger charge is -2.05. The van der Waals surface area contributed by atoms with Gasteiger partial charge in [0.25, 0.3) is 0 Å². The molecule has 1 aromatic rings. The molecule has 0 spiro atoms. The second-order valence-corrected chi connectivity index (χ2v) is 3.26. The summed E-state index contributed by atoms with van der Waals surface area (Å²) in [7, 11) is 0. The molecule has 0 unspecified atom stereocenters. The Balaban J connectivity index is 0.000000606. The summed E-state index contributed by atoms with van der Waals surface area (Å²) in [5.41, 5.74) is 0.756. The summed E-state index contributed by atoms with van der Waals surface area (Å²) >= 11 is 5.84. The maximum atomic E-state index is 12.6. The van der Waals surface area contributed by atoms with Crippen LogP contribution in [0.25, 0.3) is 0 Å². The minimum Gasteiger partial charge on any atom is -0.395 e. The molecule has 1 aliphatic heterocycles. The Morgan fingerprint density at radius 3 is 2.44 bits per heavy atom. The number of aryl methyl sites for hydroxylation is 1. The number of ether oxygens (including phenoxy) is 2. The van der Waals surface area contributed by atoms with Crippen LogP contribution in [0.5, 0.6) is 11.5 Å². The van der Waals surface area contributed by atoms with E-state index in [4.69, 9.17) is 11.6 Å². The van der Waals surface area contributed by atoms with Crippen LogP contribution >= 0.6 is 11.6 Å². The molecular formula is C11H13ClF2O2. The average molecular weight is 251 g/mol. The van der Waals surface area contributed by atoms with E-state index in [9.17, 15) is 8.78 Å². The highest BCUT2D eigenvalue weighted by molar-refractivity contribution is 6.33. The SMILES string of the molecule is CC.CCc1ccc2c(c1Cl)OC(F)(F)O2. The van der Waals surface area contributed by atoms with E-state index in [1.807, 2.05) is 20.8 Å². The van der Waals surface area contributed by atoms with Crippen molar-refractivity contribution in [3.63, 3.8) is 0 Å². The number of benzene rings is 1. The van der Waals surface area contributed by atoms with Crippen molar-refractivity contribution in [2.24, 2.45) is 0 Å². The molecular weight excluding hydrogens is 238 g/mol. The smallest absolute Gasteiger partial charge is 0.395 e. The fourth-order valence-electron chi connectivity index (χ4n) is 1.30. The predicted molar refractivity (Wildman–Crippen MR) is 58.4 cm³/mol. The van der Waals surface area contributed by atoms with Gasteiger partial charge in [0.1, 0.15) is 0 Å². The fourth-order valence-corrected chi connectivity index (χ4v) is 1.62. The van der Waals surface area contributed by atoms with Gasteiger partial charge in [-0.2, -0.15) is 0 Å². The highest BCUT2D eigenvalue weighted by Gasteiger charge is 2.44. The van der Waals surface area contributed by atoms with Crippen molar-refractivity contribution in [3.05, 3.63) is 22.7 Å². The molecule has 0 N–H and O–H groups in total. The Labute approximate surface area is 98.1 Å². The Morgan fingerprint density at radius 1 is 1.25 bits per heavy atom. The third-order valence-corrected chi connectivity index (χ3v) is 2.39. The molecule has 0 radical (unpaired) electrons. The highest BCUT2D eigenvalue weighted by atomic mass is 35.5. The maximum absolute atomic E-state index is 12.6. The van der Waals surface area contributed by atoms with Gasteiger partial charge in [0, 0.05) is 0 Å². The Kier molecular flexibility index (Phi) is 3.97. The molecule has 0 atom stereocenters. The molecule has 16 heavy (non-hydrogen) atoms. The van der Waals surface area contributed by atoms with Crippen LogP contribution in [0.1, 0.15) is 26.3 Å². The van der Waals surface area contributed by atoms with Crippen LogP contribution in [0.15, 0.2) is 12.1 Å². The maximum Gasteiger partial charge on any atom is 0.586 e. The Morgan fingerprint density at radius 2 is 1.88 bits per heavy atom. The van der Waals surface area contributed by atoms with Gasteiger partial charge < -0.3 is 9.47 Å². The van der Waals surface area contributed by atoms with Gasteiger partial charge in [-0.1, -0.05) is 38.4 Å². The summed E-state index contributed by atoms with van der Waals surface area (Å²) < 4.78 is 33.8. The van der Waals surface area contributed by atoms with E-state index in [1.165, 1.54) is 6.07 Å². The van der Waals surface area contributed by atoms with Crippen molar-refractivity contribution in [3.8, 4) is 11.5 Å². The second kappa shape index (κ2) is 4.87. The number of halogens is 3. The first-order valence-electron chi connectivity index (χ1n) is 5.10. The molecule has 5 heteroatoms. The first-order valence-corrected chi connectivity index (χ1v) is 5.48. The third kappa shape index (κ3) is 2.38. The van der Waals surface area contributed by atoms with Gasteiger partial charge in [-0.05, 0) is 18.1 Å². The molecule has 0 fully saturated rings. The van der Waals surface area contributed by atoms with Gasteiger partial charge in [0.05, 0.1) is 5.02 Å². The largest absolute Gasteiger partial charge is 0.586 e. The molecule has 0 saturated carbocycles. The first-order chi connectivity index (χ1) is 7.53. The van der Waals surface area contributed by atoms with E-state index in [1.54, 1.807) is 6.07 Å². The van der Waals surface area contributed by atoms with Gasteiger partial charge in [0.15, 0.2) is 11.5 Å². The molecule has 0 aromatic heterocycles. The Hall–Kier alpha value is -1.03. The second-order valence-electron chi connectivity index (χ2n) is 2.89. The van der Waals surface area contributed by atoms with Crippen LogP contribution < -0.4 is 9.47 Å². The zero-order chi connectivity index (χ0) is 12.3. The number of hydrogen-bond donors (Lipinski definition) is 0. The minimum atomic E-state index is -3.60. The number of fused-ring (bicyclic) bond motifs is 1. The molecule has 2 nitrogen and oxygen atoms in total. The summed E-state index contributed by atoms with van der Waals surface area (Å²) in [5.74, 6) is -0.0896. The minimum absolute atomic E-state index is 0.0165. The van der Waals surface area contributed by atoms with Crippen molar-refractivity contribution in [1.82, 2.24) is 0 Å². The molecule has 0 amide bonds. The molecule has 0 saturated heterocycles. The van der Waals surface area contributed by atoms with Gasteiger partial charge in [-0.15, -0.1) is 8.78 Å². The summed E-state index contributed by atoms with van der Waals surface area (Å²) in [5, 5.41) is 0.196. The number of rotatable bonds is 1. The lowest BCUT2D eigenvalue weighted by Crippen LogP contribution is -2.26. The molecule has 1 heterocycles. The molecule has 0 bridgehead atoms. The number of hydrogen-bond acceptors (Lipinski definition) is 2. The van der Waals surface area contributed by atoms with E-state index >= 15 is 0 Å². The summed E-state index contributed by atoms with van der Waals surface area (Å²) in [4.78, 5) is 0. The first kappa shape index (κ1) is 13.0. The van der Waals surface area contributed by atoms with Crippen molar-refractivity contribution in [2.45, 2.75) is 33.5 Å². The van der Waals surface area contributed by atoms with Gasteiger partial charge in [-0.3, -0.25) is 0 Å². The average Bonchev–Trinajstić information content (AvgIpc) is 2.57. The molecule has 0 aliphatic carbocycles. The normalized spacial score (nSPS) is 15.4. The zero-order valence-electron chi connectivity index (χ0n) is 9.31. The molecule has 1 aromatic carbocycles. The summed E-state index contributed by atoms with van der Waals surface area (Å²) in [6, 6.07) is 3.08. The Bertz CT molecular complexity index is 380. The monoisotopic (exact) mass is 250 g/mol. The van der Waals surface area contributed by atoms with E-state index in [0.717, 1.165) is 5.56 Å². The van der Waals surface area contributed by atoms with Crippen molar-refractivity contribution in [2.75, 3.05) is 0 Å². The van der Waals surface area contributed by atoms with Gasteiger partial charge >= 0.3 is 6.29 Å². The summed E-state index contributed by atoms with van der Waals surface area (Å²) in [6.45, 7) is 5.88. The predicted octanol–water partition coefficient (Wildman–Crippen LogP) is 4.25. The number of alkyl halides is 2. The van der Waals surface area contributed by atoms with Crippen molar-refractivity contribution < 1.29 is 18.3 Å². The van der Waals surface area contributed by atoms with Crippen molar-refractivity contribution in [1.29, 1.82) is 0 Å². The van der Waals surface area contributed by atoms with Crippen LogP contribution in [-0.4, -0.2) is 6.29 Å². The third-order valence-electron chi connectivity index (χ3n) is 1.97. The van der Waals surface area contributed by atoms with E-state index in [0.29, 0.717) is 6.42 Å². The molecule has 2 rings (SSSR count). The van der Waals surface area contributed by atoms with Crippen LogP contribution in [0, 0.1) is 0 Å². The van der Waals surface area contributed by atoms with Crippen LogP contribution in [0.2, 0.25) is 5.02 Å². The highest BCUT2D eigenvalue weighted by Crippen LogP contribution is 2.46. The zero-order valence-corrected chi connectivity index (χ0v) is 10.1. The summed E-state index contributed by atoms with van der Waals surface area (Å²) in [6.07, 6.45) is -2.95. The van der Waals surface area contributed by atoms with Crippen LogP contribution in [0.3, 0.4) is 0 Å². The van der Waals surface area contributed by atoms with Crippen LogP contribution in [-0.2, 0) is 6.42 Å². The van der Waals surface area contributed by atoms with Gasteiger partial charge in [0.2, 0.25) is 0 Å². The van der Waals surface area contributed by atoms with E-state index < -0.39 is 6.29 Å². The molecule has 90 valence electrons. The van der Waals surface area contributed by atoms with Crippen molar-refractivity contribution >= 4 is 11.6 Å². The quantitative estimate of drug-likeness (QED) is 0.742. The lowest BCUT2D eigenvalue weighted by atomic mass is 10.1. The lowest BCUT2D eigenvalue weighted by molar-refractivity contribution is -0.286. The topological polar surface area (TPSA) is 18.5 Å².